The van der Waals surface area contributed by atoms with Crippen molar-refractivity contribution >= 4 is 11.4 Å². The second kappa shape index (κ2) is 4.12. The van der Waals surface area contributed by atoms with Crippen molar-refractivity contribution in [3.63, 3.8) is 0 Å². The number of rotatable bonds is 2. The molecule has 4 aliphatic rings. The molecule has 1 aromatic heterocycles. The van der Waals surface area contributed by atoms with E-state index in [1.54, 1.807) is 6.20 Å². The van der Waals surface area contributed by atoms with Gasteiger partial charge in [-0.25, -0.2) is 0 Å². The highest BCUT2D eigenvalue weighted by molar-refractivity contribution is 5.66. The monoisotopic (exact) mass is 257 g/mol. The molecule has 0 aromatic carbocycles. The van der Waals surface area contributed by atoms with Crippen LogP contribution in [0.15, 0.2) is 18.5 Å². The standard InChI is InChI=1S/C16H23N3/c1-19(15-9-18-3-2-14(15)17)16-12-5-10-4-11(7-12)8-13(16)6-10/h2-3,9-13,16H,4-8H2,1H3,(H2,17,18). The van der Waals surface area contributed by atoms with Gasteiger partial charge in [-0.3, -0.25) is 4.98 Å². The second-order valence-electron chi connectivity index (χ2n) is 6.97. The first-order chi connectivity index (χ1) is 9.22. The van der Waals surface area contributed by atoms with Gasteiger partial charge in [0.15, 0.2) is 0 Å². The van der Waals surface area contributed by atoms with Crippen LogP contribution in [0.3, 0.4) is 0 Å². The number of hydrogen-bond acceptors (Lipinski definition) is 3. The highest BCUT2D eigenvalue weighted by atomic mass is 15.2. The van der Waals surface area contributed by atoms with E-state index in [9.17, 15) is 0 Å². The molecule has 19 heavy (non-hydrogen) atoms. The molecular weight excluding hydrogens is 234 g/mol. The van der Waals surface area contributed by atoms with Gasteiger partial charge in [0.1, 0.15) is 0 Å². The van der Waals surface area contributed by atoms with Gasteiger partial charge in [-0.05, 0) is 61.8 Å². The number of hydrogen-bond donors (Lipinski definition) is 1. The summed E-state index contributed by atoms with van der Waals surface area (Å²) in [4.78, 5) is 6.70. The molecule has 1 heterocycles. The van der Waals surface area contributed by atoms with Gasteiger partial charge in [-0.15, -0.1) is 0 Å². The van der Waals surface area contributed by atoms with Crippen LogP contribution in [0.5, 0.6) is 0 Å². The van der Waals surface area contributed by atoms with Crippen LogP contribution in [0.25, 0.3) is 0 Å². The fourth-order valence-corrected chi connectivity index (χ4v) is 5.38. The van der Waals surface area contributed by atoms with Crippen molar-refractivity contribution in [2.75, 3.05) is 17.7 Å². The zero-order valence-electron chi connectivity index (χ0n) is 11.6. The van der Waals surface area contributed by atoms with Crippen LogP contribution in [-0.2, 0) is 0 Å². The van der Waals surface area contributed by atoms with E-state index < -0.39 is 0 Å². The lowest BCUT2D eigenvalue weighted by Crippen LogP contribution is -2.55. The predicted molar refractivity (Wildman–Crippen MR) is 77.9 cm³/mol. The molecule has 102 valence electrons. The maximum Gasteiger partial charge on any atom is 0.0786 e. The average Bonchev–Trinajstić information content (AvgIpc) is 2.37. The number of pyridine rings is 1. The molecule has 3 nitrogen and oxygen atoms in total. The molecular formula is C16H23N3. The molecule has 0 saturated heterocycles. The van der Waals surface area contributed by atoms with Gasteiger partial charge in [0.25, 0.3) is 0 Å². The van der Waals surface area contributed by atoms with E-state index in [-0.39, 0.29) is 0 Å². The lowest BCUT2D eigenvalue weighted by Gasteiger charge is -2.57. The largest absolute Gasteiger partial charge is 0.397 e. The second-order valence-corrected chi connectivity index (χ2v) is 6.97. The minimum Gasteiger partial charge on any atom is -0.397 e. The van der Waals surface area contributed by atoms with E-state index in [2.05, 4.69) is 16.9 Å². The van der Waals surface area contributed by atoms with Crippen LogP contribution in [0.4, 0.5) is 11.4 Å². The molecule has 4 bridgehead atoms. The Labute approximate surface area is 115 Å². The summed E-state index contributed by atoms with van der Waals surface area (Å²) in [6, 6.07) is 2.61. The van der Waals surface area contributed by atoms with E-state index in [4.69, 9.17) is 5.73 Å². The summed E-state index contributed by atoms with van der Waals surface area (Å²) >= 11 is 0. The molecule has 0 unspecified atom stereocenters. The summed E-state index contributed by atoms with van der Waals surface area (Å²) in [7, 11) is 2.22. The Bertz CT molecular complexity index is 457. The molecule has 4 aliphatic carbocycles. The smallest absolute Gasteiger partial charge is 0.0786 e. The van der Waals surface area contributed by atoms with Crippen molar-refractivity contribution in [2.45, 2.75) is 38.1 Å². The van der Waals surface area contributed by atoms with Gasteiger partial charge in [-0.1, -0.05) is 0 Å². The topological polar surface area (TPSA) is 42.2 Å². The summed E-state index contributed by atoms with van der Waals surface area (Å²) in [6.45, 7) is 0. The third kappa shape index (κ3) is 1.74. The predicted octanol–water partition coefficient (Wildman–Crippen LogP) is 2.92. The van der Waals surface area contributed by atoms with Gasteiger partial charge in [-0.2, -0.15) is 0 Å². The third-order valence-electron chi connectivity index (χ3n) is 5.84. The molecule has 1 aromatic rings. The Morgan fingerprint density at radius 1 is 1.11 bits per heavy atom. The van der Waals surface area contributed by atoms with Crippen LogP contribution < -0.4 is 10.6 Å². The zero-order chi connectivity index (χ0) is 13.0. The first-order valence-corrected chi connectivity index (χ1v) is 7.64. The molecule has 4 fully saturated rings. The minimum atomic E-state index is 0.694. The minimum absolute atomic E-state index is 0.694. The summed E-state index contributed by atoms with van der Waals surface area (Å²) < 4.78 is 0. The maximum absolute atomic E-state index is 6.13. The lowest BCUT2D eigenvalue weighted by atomic mass is 9.54. The van der Waals surface area contributed by atoms with Crippen LogP contribution in [0, 0.1) is 23.7 Å². The van der Waals surface area contributed by atoms with Crippen molar-refractivity contribution in [3.05, 3.63) is 18.5 Å². The Morgan fingerprint density at radius 3 is 2.32 bits per heavy atom. The van der Waals surface area contributed by atoms with E-state index in [0.717, 1.165) is 35.0 Å². The van der Waals surface area contributed by atoms with E-state index in [0.29, 0.717) is 6.04 Å². The fraction of sp³-hybridized carbons (Fsp3) is 0.688. The quantitative estimate of drug-likeness (QED) is 0.885. The number of aromatic nitrogens is 1. The first-order valence-electron chi connectivity index (χ1n) is 7.64. The van der Waals surface area contributed by atoms with Crippen molar-refractivity contribution in [1.29, 1.82) is 0 Å². The van der Waals surface area contributed by atoms with Gasteiger partial charge in [0.05, 0.1) is 17.6 Å². The van der Waals surface area contributed by atoms with Crippen molar-refractivity contribution in [2.24, 2.45) is 23.7 Å². The van der Waals surface area contributed by atoms with Crippen LogP contribution in [0.2, 0.25) is 0 Å². The van der Waals surface area contributed by atoms with Crippen molar-refractivity contribution < 1.29 is 0 Å². The lowest BCUT2D eigenvalue weighted by molar-refractivity contribution is -0.00119. The maximum atomic E-state index is 6.13. The molecule has 3 heteroatoms. The van der Waals surface area contributed by atoms with Crippen LogP contribution in [-0.4, -0.2) is 18.1 Å². The number of nitrogens with zero attached hydrogens (tertiary/aromatic N) is 2. The molecule has 0 spiro atoms. The van der Waals surface area contributed by atoms with Crippen LogP contribution in [0.1, 0.15) is 32.1 Å². The summed E-state index contributed by atoms with van der Waals surface area (Å²) in [5.74, 6) is 3.83. The number of nitrogen functional groups attached to an aromatic ring is 1. The summed E-state index contributed by atoms with van der Waals surface area (Å²) in [5.41, 5.74) is 8.12. The van der Waals surface area contributed by atoms with E-state index in [1.165, 1.54) is 32.1 Å². The third-order valence-corrected chi connectivity index (χ3v) is 5.84. The Balaban J connectivity index is 1.64. The van der Waals surface area contributed by atoms with Gasteiger partial charge < -0.3 is 10.6 Å². The fourth-order valence-electron chi connectivity index (χ4n) is 5.38. The number of nitrogens with two attached hydrogens (primary N) is 1. The Kier molecular flexibility index (Phi) is 2.51. The summed E-state index contributed by atoms with van der Waals surface area (Å²) in [5, 5.41) is 0. The molecule has 0 aliphatic heterocycles. The van der Waals surface area contributed by atoms with Crippen molar-refractivity contribution in [1.82, 2.24) is 4.98 Å². The molecule has 0 amide bonds. The van der Waals surface area contributed by atoms with E-state index >= 15 is 0 Å². The molecule has 5 rings (SSSR count). The average molecular weight is 257 g/mol. The Hall–Kier alpha value is -1.25. The van der Waals surface area contributed by atoms with Crippen LogP contribution >= 0.6 is 0 Å². The number of anilines is 2. The zero-order valence-corrected chi connectivity index (χ0v) is 11.6. The highest BCUT2D eigenvalue weighted by Crippen LogP contribution is 2.55. The molecule has 0 radical (unpaired) electrons. The molecule has 2 N–H and O–H groups in total. The van der Waals surface area contributed by atoms with Gasteiger partial charge in [0, 0.05) is 19.3 Å². The SMILES string of the molecule is CN(c1cnccc1N)C1C2CC3CC(C2)CC1C3. The highest BCUT2D eigenvalue weighted by Gasteiger charge is 2.49. The molecule has 4 saturated carbocycles. The van der Waals surface area contributed by atoms with E-state index in [1.807, 2.05) is 12.3 Å². The van der Waals surface area contributed by atoms with Crippen molar-refractivity contribution in [3.8, 4) is 0 Å². The summed E-state index contributed by atoms with van der Waals surface area (Å²) in [6.07, 6.45) is 11.0. The molecule has 0 atom stereocenters. The first kappa shape index (κ1) is 11.6. The van der Waals surface area contributed by atoms with Gasteiger partial charge in [0.2, 0.25) is 0 Å². The van der Waals surface area contributed by atoms with Gasteiger partial charge >= 0.3 is 0 Å². The Morgan fingerprint density at radius 2 is 1.74 bits per heavy atom. The normalized spacial score (nSPS) is 39.5.